The van der Waals surface area contributed by atoms with E-state index in [1.807, 2.05) is 0 Å². The molecule has 128 valence electrons. The third kappa shape index (κ3) is 3.58. The van der Waals surface area contributed by atoms with Crippen molar-refractivity contribution in [2.24, 2.45) is 0 Å². The highest BCUT2D eigenvalue weighted by Crippen LogP contribution is 2.24. The molecule has 1 aliphatic rings. The van der Waals surface area contributed by atoms with E-state index in [4.69, 9.17) is 0 Å². The summed E-state index contributed by atoms with van der Waals surface area (Å²) < 4.78 is 0. The largest absolute Gasteiger partial charge is 0.378 e. The molecule has 1 fully saturated rings. The van der Waals surface area contributed by atoms with E-state index in [1.165, 1.54) is 22.7 Å². The molecule has 4 nitrogen and oxygen atoms in total. The molecule has 0 aromatic heterocycles. The third-order valence-electron chi connectivity index (χ3n) is 4.74. The summed E-state index contributed by atoms with van der Waals surface area (Å²) in [6, 6.07) is 17.7. The molecular formula is C20H28N4. The molecule has 0 unspecified atom stereocenters. The molecule has 3 rings (SSSR count). The number of hydrogen-bond acceptors (Lipinski definition) is 4. The molecule has 0 amide bonds. The second-order valence-electron chi connectivity index (χ2n) is 6.80. The minimum Gasteiger partial charge on any atom is -0.378 e. The van der Waals surface area contributed by atoms with Crippen molar-refractivity contribution in [3.8, 4) is 0 Å². The molecule has 2 aromatic carbocycles. The molecule has 1 saturated heterocycles. The molecule has 0 radical (unpaired) electrons. The number of benzene rings is 2. The maximum Gasteiger partial charge on any atom is 0.0368 e. The van der Waals surface area contributed by atoms with Crippen LogP contribution in [0.4, 0.5) is 22.7 Å². The second-order valence-corrected chi connectivity index (χ2v) is 6.80. The summed E-state index contributed by atoms with van der Waals surface area (Å²) in [5.41, 5.74) is 5.14. The molecule has 0 N–H and O–H groups in total. The maximum absolute atomic E-state index is 2.48. The van der Waals surface area contributed by atoms with Gasteiger partial charge in [-0.15, -0.1) is 0 Å². The Hall–Kier alpha value is -2.36. The number of rotatable bonds is 4. The predicted molar refractivity (Wildman–Crippen MR) is 106 cm³/mol. The minimum atomic E-state index is 1.07. The first kappa shape index (κ1) is 16.5. The zero-order valence-corrected chi connectivity index (χ0v) is 15.2. The van der Waals surface area contributed by atoms with Crippen molar-refractivity contribution in [1.29, 1.82) is 0 Å². The highest BCUT2D eigenvalue weighted by Gasteiger charge is 2.17. The summed E-state index contributed by atoms with van der Waals surface area (Å²) in [5.74, 6) is 0. The topological polar surface area (TPSA) is 13.0 Å². The van der Waals surface area contributed by atoms with Gasteiger partial charge in [-0.25, -0.2) is 0 Å². The Morgan fingerprint density at radius 3 is 1.08 bits per heavy atom. The van der Waals surface area contributed by atoms with Gasteiger partial charge in [0.25, 0.3) is 0 Å². The first-order valence-electron chi connectivity index (χ1n) is 8.59. The molecule has 1 aliphatic heterocycles. The Balaban J connectivity index is 1.61. The monoisotopic (exact) mass is 324 g/mol. The van der Waals surface area contributed by atoms with Crippen LogP contribution in [0.1, 0.15) is 0 Å². The highest BCUT2D eigenvalue weighted by molar-refractivity contribution is 5.59. The number of anilines is 4. The standard InChI is InChI=1S/C20H28N4/c1-21(2)17-5-9-19(10-6-17)23-13-15-24(16-14-23)20-11-7-18(8-12-20)22(3)4/h5-12H,13-16H2,1-4H3. The van der Waals surface area contributed by atoms with Gasteiger partial charge in [0.2, 0.25) is 0 Å². The summed E-state index contributed by atoms with van der Waals surface area (Å²) in [5, 5.41) is 0. The van der Waals surface area contributed by atoms with Crippen LogP contribution in [0, 0.1) is 0 Å². The molecule has 0 aliphatic carbocycles. The van der Waals surface area contributed by atoms with Crippen molar-refractivity contribution in [2.45, 2.75) is 0 Å². The zero-order valence-electron chi connectivity index (χ0n) is 15.2. The summed E-state index contributed by atoms with van der Waals surface area (Å²) in [7, 11) is 8.31. The fourth-order valence-corrected chi connectivity index (χ4v) is 3.15. The molecule has 0 spiro atoms. The van der Waals surface area contributed by atoms with Crippen LogP contribution in [0.15, 0.2) is 48.5 Å². The van der Waals surface area contributed by atoms with Gasteiger partial charge in [0.05, 0.1) is 0 Å². The van der Waals surface area contributed by atoms with E-state index in [2.05, 4.69) is 96.3 Å². The van der Waals surface area contributed by atoms with Crippen LogP contribution in [0.25, 0.3) is 0 Å². The lowest BCUT2D eigenvalue weighted by atomic mass is 10.2. The minimum absolute atomic E-state index is 1.07. The SMILES string of the molecule is CN(C)c1ccc(N2CCN(c3ccc(N(C)C)cc3)CC2)cc1. The third-order valence-corrected chi connectivity index (χ3v) is 4.74. The summed E-state index contributed by atoms with van der Waals surface area (Å²) >= 11 is 0. The van der Waals surface area contributed by atoms with Gasteiger partial charge >= 0.3 is 0 Å². The van der Waals surface area contributed by atoms with E-state index in [0.29, 0.717) is 0 Å². The Labute approximate surface area is 145 Å². The van der Waals surface area contributed by atoms with E-state index in [9.17, 15) is 0 Å². The van der Waals surface area contributed by atoms with Crippen LogP contribution in [0.5, 0.6) is 0 Å². The number of nitrogens with zero attached hydrogens (tertiary/aromatic N) is 4. The Morgan fingerprint density at radius 1 is 0.542 bits per heavy atom. The average molecular weight is 324 g/mol. The van der Waals surface area contributed by atoms with Gasteiger partial charge in [0.1, 0.15) is 0 Å². The Morgan fingerprint density at radius 2 is 0.833 bits per heavy atom. The molecule has 0 bridgehead atoms. The van der Waals surface area contributed by atoms with Gasteiger partial charge in [-0.2, -0.15) is 0 Å². The van der Waals surface area contributed by atoms with Crippen LogP contribution < -0.4 is 19.6 Å². The zero-order chi connectivity index (χ0) is 17.1. The van der Waals surface area contributed by atoms with E-state index < -0.39 is 0 Å². The quantitative estimate of drug-likeness (QED) is 0.856. The van der Waals surface area contributed by atoms with E-state index in [0.717, 1.165) is 26.2 Å². The summed E-state index contributed by atoms with van der Waals surface area (Å²) in [4.78, 5) is 9.23. The van der Waals surface area contributed by atoms with Crippen LogP contribution >= 0.6 is 0 Å². The van der Waals surface area contributed by atoms with Gasteiger partial charge in [0.15, 0.2) is 0 Å². The van der Waals surface area contributed by atoms with Crippen LogP contribution in [0.2, 0.25) is 0 Å². The van der Waals surface area contributed by atoms with E-state index in [1.54, 1.807) is 0 Å². The van der Waals surface area contributed by atoms with E-state index in [-0.39, 0.29) is 0 Å². The normalized spacial score (nSPS) is 14.7. The van der Waals surface area contributed by atoms with Gasteiger partial charge < -0.3 is 19.6 Å². The van der Waals surface area contributed by atoms with Crippen molar-refractivity contribution in [2.75, 3.05) is 74.0 Å². The van der Waals surface area contributed by atoms with Crippen LogP contribution in [0.3, 0.4) is 0 Å². The van der Waals surface area contributed by atoms with Gasteiger partial charge in [-0.05, 0) is 48.5 Å². The molecule has 1 heterocycles. The Kier molecular flexibility index (Phi) is 4.84. The van der Waals surface area contributed by atoms with Crippen molar-refractivity contribution in [3.63, 3.8) is 0 Å². The van der Waals surface area contributed by atoms with Crippen molar-refractivity contribution in [1.82, 2.24) is 0 Å². The van der Waals surface area contributed by atoms with Crippen molar-refractivity contribution >= 4 is 22.7 Å². The van der Waals surface area contributed by atoms with E-state index >= 15 is 0 Å². The molecule has 2 aromatic rings. The lowest BCUT2D eigenvalue weighted by Crippen LogP contribution is -2.46. The molecule has 24 heavy (non-hydrogen) atoms. The van der Waals surface area contributed by atoms with Crippen LogP contribution in [-0.4, -0.2) is 54.4 Å². The van der Waals surface area contributed by atoms with Crippen LogP contribution in [-0.2, 0) is 0 Å². The highest BCUT2D eigenvalue weighted by atomic mass is 15.3. The number of piperazine rings is 1. The lowest BCUT2D eigenvalue weighted by Gasteiger charge is -2.37. The molecule has 0 atom stereocenters. The predicted octanol–water partition coefficient (Wildman–Crippen LogP) is 3.15. The fraction of sp³-hybridized carbons (Fsp3) is 0.400. The van der Waals surface area contributed by atoms with Gasteiger partial charge in [-0.3, -0.25) is 0 Å². The smallest absolute Gasteiger partial charge is 0.0368 e. The van der Waals surface area contributed by atoms with Gasteiger partial charge in [0, 0.05) is 77.1 Å². The van der Waals surface area contributed by atoms with Gasteiger partial charge in [-0.1, -0.05) is 0 Å². The number of hydrogen-bond donors (Lipinski definition) is 0. The maximum atomic E-state index is 2.48. The average Bonchev–Trinajstić information content (AvgIpc) is 2.62. The molecular weight excluding hydrogens is 296 g/mol. The summed E-state index contributed by atoms with van der Waals surface area (Å²) in [6.45, 7) is 4.26. The van der Waals surface area contributed by atoms with Crippen molar-refractivity contribution < 1.29 is 0 Å². The Bertz CT molecular complexity index is 579. The fourth-order valence-electron chi connectivity index (χ4n) is 3.15. The first-order chi connectivity index (χ1) is 11.5. The summed E-state index contributed by atoms with van der Waals surface area (Å²) in [6.07, 6.45) is 0. The molecule has 0 saturated carbocycles. The first-order valence-corrected chi connectivity index (χ1v) is 8.59. The second kappa shape index (κ2) is 7.04. The lowest BCUT2D eigenvalue weighted by molar-refractivity contribution is 0.653. The molecule has 4 heteroatoms. The van der Waals surface area contributed by atoms with Crippen molar-refractivity contribution in [3.05, 3.63) is 48.5 Å².